The molecule has 1 aliphatic carbocycles. The van der Waals surface area contributed by atoms with Gasteiger partial charge in [0, 0.05) is 18.7 Å². The molecule has 4 aromatic rings. The van der Waals surface area contributed by atoms with Crippen LogP contribution in [0.4, 0.5) is 13.2 Å². The molecule has 5 rings (SSSR count). The number of hydrogen-bond donors (Lipinski definition) is 2. The third kappa shape index (κ3) is 3.64. The monoisotopic (exact) mass is 409 g/mol. The van der Waals surface area contributed by atoms with Gasteiger partial charge in [-0.3, -0.25) is 0 Å². The van der Waals surface area contributed by atoms with Crippen LogP contribution in [0.2, 0.25) is 0 Å². The highest BCUT2D eigenvalue weighted by molar-refractivity contribution is 5.76. The summed E-state index contributed by atoms with van der Waals surface area (Å²) in [4.78, 5) is 7.13. The molecule has 0 aliphatic heterocycles. The van der Waals surface area contributed by atoms with Crippen molar-refractivity contribution in [2.24, 2.45) is 0 Å². The van der Waals surface area contributed by atoms with Crippen molar-refractivity contribution in [1.29, 1.82) is 0 Å². The summed E-state index contributed by atoms with van der Waals surface area (Å²) in [5.41, 5.74) is 4.01. The predicted octanol–water partition coefficient (Wildman–Crippen LogP) is 5.03. The van der Waals surface area contributed by atoms with E-state index in [0.29, 0.717) is 25.1 Å². The van der Waals surface area contributed by atoms with E-state index in [1.807, 2.05) is 0 Å². The zero-order chi connectivity index (χ0) is 20.7. The van der Waals surface area contributed by atoms with E-state index >= 15 is 0 Å². The third-order valence-electron chi connectivity index (χ3n) is 5.39. The maximum Gasteiger partial charge on any atom is 0.166 e. The van der Waals surface area contributed by atoms with Crippen LogP contribution in [0.1, 0.15) is 16.7 Å². The van der Waals surface area contributed by atoms with Gasteiger partial charge in [-0.2, -0.15) is 0 Å². The molecule has 0 atom stereocenters. The van der Waals surface area contributed by atoms with E-state index in [-0.39, 0.29) is 11.8 Å². The molecular weight excluding hydrogens is 391 g/mol. The van der Waals surface area contributed by atoms with Gasteiger partial charge >= 0.3 is 0 Å². The zero-order valence-corrected chi connectivity index (χ0v) is 15.9. The van der Waals surface area contributed by atoms with E-state index in [0.717, 1.165) is 27.7 Å². The number of ether oxygens (including phenoxy) is 1. The first kappa shape index (κ1) is 18.7. The van der Waals surface area contributed by atoms with E-state index < -0.39 is 17.5 Å². The Morgan fingerprint density at radius 1 is 0.933 bits per heavy atom. The standard InChI is InChI=1S/C23H18F3N3O/c24-18-8-14-6-16(7-15(14)9-19(18)25)27-11-13-1-4-23(20(26)5-13)30-17-2-3-21-22(10-17)29-12-28-21/h1-5,8-10,12,16,27H,6-7,11H2,(H,28,29). The van der Waals surface area contributed by atoms with E-state index in [2.05, 4.69) is 15.3 Å². The lowest BCUT2D eigenvalue weighted by Gasteiger charge is -2.13. The molecule has 0 spiro atoms. The fourth-order valence-corrected chi connectivity index (χ4v) is 3.86. The smallest absolute Gasteiger partial charge is 0.166 e. The number of aromatic amines is 1. The van der Waals surface area contributed by atoms with Gasteiger partial charge in [-0.1, -0.05) is 6.07 Å². The van der Waals surface area contributed by atoms with Crippen molar-refractivity contribution in [2.75, 3.05) is 0 Å². The van der Waals surface area contributed by atoms with Crippen LogP contribution in [0.25, 0.3) is 11.0 Å². The Hall–Kier alpha value is -3.32. The lowest BCUT2D eigenvalue weighted by molar-refractivity contribution is 0.441. The maximum absolute atomic E-state index is 14.5. The molecule has 0 radical (unpaired) electrons. The van der Waals surface area contributed by atoms with Crippen LogP contribution in [-0.2, 0) is 19.4 Å². The maximum atomic E-state index is 14.5. The number of rotatable bonds is 5. The number of hydrogen-bond acceptors (Lipinski definition) is 3. The second-order valence-electron chi connectivity index (χ2n) is 7.47. The van der Waals surface area contributed by atoms with E-state index in [1.54, 1.807) is 36.7 Å². The molecule has 0 saturated heterocycles. The average Bonchev–Trinajstić information content (AvgIpc) is 3.34. The topological polar surface area (TPSA) is 49.9 Å². The molecule has 30 heavy (non-hydrogen) atoms. The average molecular weight is 409 g/mol. The lowest BCUT2D eigenvalue weighted by Crippen LogP contribution is -2.28. The summed E-state index contributed by atoms with van der Waals surface area (Å²) in [5, 5.41) is 3.33. The number of H-pyrrole nitrogens is 1. The van der Waals surface area contributed by atoms with Crippen LogP contribution in [0.5, 0.6) is 11.5 Å². The quantitative estimate of drug-likeness (QED) is 0.486. The minimum atomic E-state index is -0.821. The van der Waals surface area contributed by atoms with Gasteiger partial charge < -0.3 is 15.0 Å². The van der Waals surface area contributed by atoms with Crippen molar-refractivity contribution < 1.29 is 17.9 Å². The Morgan fingerprint density at radius 2 is 1.70 bits per heavy atom. The summed E-state index contributed by atoms with van der Waals surface area (Å²) in [6.07, 6.45) is 2.82. The summed E-state index contributed by atoms with van der Waals surface area (Å²) in [6, 6.07) is 12.7. The molecule has 152 valence electrons. The molecule has 1 aromatic heterocycles. The Kier molecular flexibility index (Phi) is 4.67. The van der Waals surface area contributed by atoms with Crippen LogP contribution in [0, 0.1) is 17.5 Å². The van der Waals surface area contributed by atoms with Crippen molar-refractivity contribution in [2.45, 2.75) is 25.4 Å². The highest BCUT2D eigenvalue weighted by Crippen LogP contribution is 2.28. The number of benzene rings is 3. The van der Waals surface area contributed by atoms with Crippen LogP contribution < -0.4 is 10.1 Å². The SMILES string of the molecule is Fc1cc2c(cc1F)CC(NCc1ccc(Oc3ccc4nc[nH]c4c3)c(F)c1)C2. The Labute approximate surface area is 170 Å². The van der Waals surface area contributed by atoms with Crippen molar-refractivity contribution >= 4 is 11.0 Å². The second kappa shape index (κ2) is 7.50. The van der Waals surface area contributed by atoms with Crippen LogP contribution >= 0.6 is 0 Å². The molecule has 1 aliphatic rings. The predicted molar refractivity (Wildman–Crippen MR) is 107 cm³/mol. The minimum Gasteiger partial charge on any atom is -0.454 e. The first-order valence-corrected chi connectivity index (χ1v) is 9.65. The van der Waals surface area contributed by atoms with Gasteiger partial charge in [0.15, 0.2) is 23.2 Å². The molecule has 4 nitrogen and oxygen atoms in total. The number of halogens is 3. The fourth-order valence-electron chi connectivity index (χ4n) is 3.86. The summed E-state index contributed by atoms with van der Waals surface area (Å²) in [7, 11) is 0. The van der Waals surface area contributed by atoms with E-state index in [4.69, 9.17) is 4.74 Å². The molecule has 7 heteroatoms. The number of fused-ring (bicyclic) bond motifs is 2. The molecule has 2 N–H and O–H groups in total. The van der Waals surface area contributed by atoms with Crippen LogP contribution in [0.3, 0.4) is 0 Å². The number of nitrogens with zero attached hydrogens (tertiary/aromatic N) is 1. The summed E-state index contributed by atoms with van der Waals surface area (Å²) < 4.78 is 47.0. The van der Waals surface area contributed by atoms with Gasteiger partial charge in [0.05, 0.1) is 17.4 Å². The van der Waals surface area contributed by atoms with Gasteiger partial charge in [0.1, 0.15) is 5.75 Å². The van der Waals surface area contributed by atoms with E-state index in [9.17, 15) is 13.2 Å². The number of nitrogens with one attached hydrogen (secondary N) is 2. The lowest BCUT2D eigenvalue weighted by atomic mass is 10.1. The highest BCUT2D eigenvalue weighted by atomic mass is 19.2. The Morgan fingerprint density at radius 3 is 2.43 bits per heavy atom. The Bertz CT molecular complexity index is 1210. The van der Waals surface area contributed by atoms with Gasteiger partial charge in [0.25, 0.3) is 0 Å². The normalized spacial score (nSPS) is 13.7. The Balaban J connectivity index is 1.23. The van der Waals surface area contributed by atoms with Gasteiger partial charge in [-0.05, 0) is 65.9 Å². The van der Waals surface area contributed by atoms with Crippen molar-refractivity contribution in [3.63, 3.8) is 0 Å². The van der Waals surface area contributed by atoms with Gasteiger partial charge in [0.2, 0.25) is 0 Å². The first-order chi connectivity index (χ1) is 14.5. The number of aromatic nitrogens is 2. The molecule has 3 aromatic carbocycles. The first-order valence-electron chi connectivity index (χ1n) is 9.65. The highest BCUT2D eigenvalue weighted by Gasteiger charge is 2.23. The molecule has 0 fully saturated rings. The molecular formula is C23H18F3N3O. The summed E-state index contributed by atoms with van der Waals surface area (Å²) in [5.74, 6) is -1.45. The molecule has 1 heterocycles. The van der Waals surface area contributed by atoms with Crippen molar-refractivity contribution in [1.82, 2.24) is 15.3 Å². The van der Waals surface area contributed by atoms with Crippen molar-refractivity contribution in [3.8, 4) is 11.5 Å². The molecule has 0 unspecified atom stereocenters. The van der Waals surface area contributed by atoms with E-state index in [1.165, 1.54) is 18.2 Å². The van der Waals surface area contributed by atoms with Crippen LogP contribution in [-0.4, -0.2) is 16.0 Å². The molecule has 0 saturated carbocycles. The fraction of sp³-hybridized carbons (Fsp3) is 0.174. The largest absolute Gasteiger partial charge is 0.454 e. The summed E-state index contributed by atoms with van der Waals surface area (Å²) >= 11 is 0. The number of imidazole rings is 1. The van der Waals surface area contributed by atoms with Gasteiger partial charge in [-0.15, -0.1) is 0 Å². The van der Waals surface area contributed by atoms with Gasteiger partial charge in [-0.25, -0.2) is 18.2 Å². The second-order valence-corrected chi connectivity index (χ2v) is 7.47. The zero-order valence-electron chi connectivity index (χ0n) is 15.9. The molecule has 0 amide bonds. The van der Waals surface area contributed by atoms with Crippen molar-refractivity contribution in [3.05, 3.63) is 89.0 Å². The van der Waals surface area contributed by atoms with Crippen LogP contribution in [0.15, 0.2) is 54.9 Å². The minimum absolute atomic E-state index is 0.0568. The summed E-state index contributed by atoms with van der Waals surface area (Å²) in [6.45, 7) is 0.445. The molecule has 0 bridgehead atoms. The third-order valence-corrected chi connectivity index (χ3v) is 5.39.